The first-order valence-electron chi connectivity index (χ1n) is 10.5. The van der Waals surface area contributed by atoms with Gasteiger partial charge in [0.25, 0.3) is 11.7 Å². The van der Waals surface area contributed by atoms with Gasteiger partial charge in [-0.1, -0.05) is 35.9 Å². The molecule has 1 atom stereocenters. The van der Waals surface area contributed by atoms with Crippen molar-refractivity contribution in [1.29, 1.82) is 0 Å². The van der Waals surface area contributed by atoms with Gasteiger partial charge in [0.2, 0.25) is 0 Å². The van der Waals surface area contributed by atoms with Crippen molar-refractivity contribution in [3.05, 3.63) is 99.9 Å². The minimum absolute atomic E-state index is 0.127. The quantitative estimate of drug-likeness (QED) is 0.332. The molecule has 168 valence electrons. The Hall–Kier alpha value is -3.93. The van der Waals surface area contributed by atoms with E-state index >= 15 is 0 Å². The summed E-state index contributed by atoms with van der Waals surface area (Å²) < 4.78 is 20.3. The molecule has 0 spiro atoms. The van der Waals surface area contributed by atoms with Gasteiger partial charge in [-0.05, 0) is 62.2 Å². The maximum absolute atomic E-state index is 15.0. The van der Waals surface area contributed by atoms with Crippen LogP contribution in [0, 0.1) is 26.6 Å². The van der Waals surface area contributed by atoms with Crippen molar-refractivity contribution in [2.24, 2.45) is 0 Å². The fourth-order valence-electron chi connectivity index (χ4n) is 4.21. The third-order valence-corrected chi connectivity index (χ3v) is 5.95. The first-order valence-corrected chi connectivity index (χ1v) is 10.5. The van der Waals surface area contributed by atoms with Crippen LogP contribution in [0.3, 0.4) is 0 Å². The molecule has 33 heavy (non-hydrogen) atoms. The Morgan fingerprint density at radius 2 is 1.64 bits per heavy atom. The van der Waals surface area contributed by atoms with Crippen LogP contribution in [0.25, 0.3) is 5.76 Å². The lowest BCUT2D eigenvalue weighted by Crippen LogP contribution is -2.29. The normalized spacial score (nSPS) is 17.5. The maximum atomic E-state index is 15.0. The van der Waals surface area contributed by atoms with Gasteiger partial charge in [0, 0.05) is 16.8 Å². The number of rotatable bonds is 4. The lowest BCUT2D eigenvalue weighted by molar-refractivity contribution is -0.132. The van der Waals surface area contributed by atoms with E-state index < -0.39 is 23.5 Å². The van der Waals surface area contributed by atoms with Crippen molar-refractivity contribution in [3.63, 3.8) is 0 Å². The monoisotopic (exact) mass is 445 g/mol. The van der Waals surface area contributed by atoms with E-state index in [0.29, 0.717) is 22.6 Å². The number of aliphatic hydroxyl groups is 1. The zero-order valence-corrected chi connectivity index (χ0v) is 18.8. The lowest BCUT2D eigenvalue weighted by atomic mass is 9.92. The van der Waals surface area contributed by atoms with Crippen molar-refractivity contribution in [3.8, 4) is 5.75 Å². The number of carbonyl (C=O) groups is 2. The van der Waals surface area contributed by atoms with Crippen LogP contribution in [0.5, 0.6) is 5.75 Å². The fraction of sp³-hybridized carbons (Fsp3) is 0.185. The summed E-state index contributed by atoms with van der Waals surface area (Å²) in [5.74, 6) is -1.98. The third-order valence-electron chi connectivity index (χ3n) is 5.95. The summed E-state index contributed by atoms with van der Waals surface area (Å²) in [4.78, 5) is 27.6. The standard InChI is InChI=1S/C27H24FNO4/c1-15-9-11-18(12-10-15)29-24(19-7-5-6-8-21(19)28)23(26(31)27(29)32)25(30)20-13-17(3)22(33-4)14-16(20)2/h5-14,24,30H,1-4H3/b25-23+. The molecule has 3 aromatic carbocycles. The molecule has 0 saturated carbocycles. The molecule has 1 amide bonds. The fourth-order valence-corrected chi connectivity index (χ4v) is 4.21. The highest BCUT2D eigenvalue weighted by Crippen LogP contribution is 2.43. The van der Waals surface area contributed by atoms with Gasteiger partial charge < -0.3 is 9.84 Å². The number of amides is 1. The second-order valence-corrected chi connectivity index (χ2v) is 8.16. The average Bonchev–Trinajstić information content (AvgIpc) is 3.06. The predicted octanol–water partition coefficient (Wildman–Crippen LogP) is 5.39. The molecular weight excluding hydrogens is 421 g/mol. The minimum Gasteiger partial charge on any atom is -0.507 e. The number of Topliss-reactive ketones (excluding diaryl/α,β-unsaturated/α-hetero) is 1. The smallest absolute Gasteiger partial charge is 0.300 e. The molecule has 1 heterocycles. The van der Waals surface area contributed by atoms with Crippen molar-refractivity contribution in [1.82, 2.24) is 0 Å². The number of anilines is 1. The number of ether oxygens (including phenoxy) is 1. The molecule has 1 unspecified atom stereocenters. The van der Waals surface area contributed by atoms with Crippen molar-refractivity contribution < 1.29 is 23.8 Å². The topological polar surface area (TPSA) is 66.8 Å². The number of aliphatic hydroxyl groups excluding tert-OH is 1. The molecule has 0 aliphatic carbocycles. The molecule has 1 aliphatic rings. The SMILES string of the molecule is COc1cc(C)c(/C(O)=C2\C(=O)C(=O)N(c3ccc(C)cc3)C2c2ccccc2F)cc1C. The lowest BCUT2D eigenvalue weighted by Gasteiger charge is -2.26. The van der Waals surface area contributed by atoms with Gasteiger partial charge >= 0.3 is 0 Å². The number of halogens is 1. The van der Waals surface area contributed by atoms with Crippen molar-refractivity contribution in [2.75, 3.05) is 12.0 Å². The van der Waals surface area contributed by atoms with E-state index in [0.717, 1.165) is 11.1 Å². The molecule has 1 fully saturated rings. The highest BCUT2D eigenvalue weighted by atomic mass is 19.1. The molecule has 1 N–H and O–H groups in total. The van der Waals surface area contributed by atoms with E-state index in [1.165, 1.54) is 23.1 Å². The third kappa shape index (κ3) is 3.78. The second kappa shape index (κ2) is 8.54. The van der Waals surface area contributed by atoms with Gasteiger partial charge in [0.15, 0.2) is 0 Å². The summed E-state index contributed by atoms with van der Waals surface area (Å²) in [5, 5.41) is 11.3. The maximum Gasteiger partial charge on any atom is 0.300 e. The molecule has 1 aliphatic heterocycles. The van der Waals surface area contributed by atoms with E-state index in [9.17, 15) is 19.1 Å². The van der Waals surface area contributed by atoms with E-state index in [2.05, 4.69) is 0 Å². The van der Waals surface area contributed by atoms with E-state index in [-0.39, 0.29) is 16.9 Å². The van der Waals surface area contributed by atoms with Gasteiger partial charge in [0.1, 0.15) is 17.3 Å². The second-order valence-electron chi connectivity index (χ2n) is 8.16. The Kier molecular flexibility index (Phi) is 5.77. The van der Waals surface area contributed by atoms with Gasteiger partial charge in [-0.3, -0.25) is 14.5 Å². The van der Waals surface area contributed by atoms with E-state index in [4.69, 9.17) is 4.74 Å². The molecule has 0 radical (unpaired) electrons. The Morgan fingerprint density at radius 3 is 2.27 bits per heavy atom. The molecule has 5 nitrogen and oxygen atoms in total. The highest BCUT2D eigenvalue weighted by Gasteiger charge is 2.47. The number of hydrogen-bond acceptors (Lipinski definition) is 4. The number of carbonyl (C=O) groups excluding carboxylic acids is 2. The van der Waals surface area contributed by atoms with Crippen LogP contribution in [0.15, 0.2) is 66.2 Å². The van der Waals surface area contributed by atoms with Crippen LogP contribution in [0.4, 0.5) is 10.1 Å². The summed E-state index contributed by atoms with van der Waals surface area (Å²) >= 11 is 0. The number of benzene rings is 3. The van der Waals surface area contributed by atoms with Crippen LogP contribution in [0.1, 0.15) is 33.9 Å². The average molecular weight is 445 g/mol. The zero-order chi connectivity index (χ0) is 23.9. The zero-order valence-electron chi connectivity index (χ0n) is 18.8. The van der Waals surface area contributed by atoms with Crippen LogP contribution in [-0.4, -0.2) is 23.9 Å². The van der Waals surface area contributed by atoms with Crippen molar-refractivity contribution >= 4 is 23.1 Å². The number of ketones is 1. The Bertz CT molecular complexity index is 1290. The first kappa shape index (κ1) is 22.3. The molecule has 4 rings (SSSR count). The van der Waals surface area contributed by atoms with E-state index in [1.807, 2.05) is 26.0 Å². The van der Waals surface area contributed by atoms with Crippen LogP contribution in [0.2, 0.25) is 0 Å². The van der Waals surface area contributed by atoms with Crippen molar-refractivity contribution in [2.45, 2.75) is 26.8 Å². The highest BCUT2D eigenvalue weighted by molar-refractivity contribution is 6.51. The summed E-state index contributed by atoms with van der Waals surface area (Å²) in [6.07, 6.45) is 0. The number of nitrogens with zero attached hydrogens (tertiary/aromatic N) is 1. The number of hydrogen-bond donors (Lipinski definition) is 1. The Morgan fingerprint density at radius 1 is 0.970 bits per heavy atom. The molecule has 0 bridgehead atoms. The van der Waals surface area contributed by atoms with E-state index in [1.54, 1.807) is 44.4 Å². The summed E-state index contributed by atoms with van der Waals surface area (Å²) in [7, 11) is 1.55. The van der Waals surface area contributed by atoms with Gasteiger partial charge in [-0.15, -0.1) is 0 Å². The largest absolute Gasteiger partial charge is 0.507 e. The van der Waals surface area contributed by atoms with Gasteiger partial charge in [0.05, 0.1) is 18.7 Å². The molecule has 6 heteroatoms. The summed E-state index contributed by atoms with van der Waals surface area (Å²) in [6.45, 7) is 5.49. The molecule has 1 saturated heterocycles. The molecule has 3 aromatic rings. The number of methoxy groups -OCH3 is 1. The van der Waals surface area contributed by atoms with Crippen LogP contribution >= 0.6 is 0 Å². The van der Waals surface area contributed by atoms with Gasteiger partial charge in [-0.2, -0.15) is 0 Å². The number of aryl methyl sites for hydroxylation is 3. The predicted molar refractivity (Wildman–Crippen MR) is 125 cm³/mol. The van der Waals surface area contributed by atoms with Crippen LogP contribution in [-0.2, 0) is 9.59 Å². The minimum atomic E-state index is -1.12. The Labute approximate surface area is 191 Å². The molecular formula is C27H24FNO4. The van der Waals surface area contributed by atoms with Gasteiger partial charge in [-0.25, -0.2) is 4.39 Å². The Balaban J connectivity index is 1.99. The summed E-state index contributed by atoms with van der Waals surface area (Å²) in [6, 6.07) is 15.3. The summed E-state index contributed by atoms with van der Waals surface area (Å²) in [5.41, 5.74) is 3.18. The van der Waals surface area contributed by atoms with Crippen LogP contribution < -0.4 is 9.64 Å². The first-order chi connectivity index (χ1) is 15.7. The molecule has 0 aromatic heterocycles.